The average molecular weight is 321 g/mol. The molecule has 3 heterocycles. The summed E-state index contributed by atoms with van der Waals surface area (Å²) in [4.78, 5) is 0. The van der Waals surface area contributed by atoms with Crippen LogP contribution in [0.3, 0.4) is 0 Å². The van der Waals surface area contributed by atoms with Crippen molar-refractivity contribution in [3.8, 4) is 0 Å². The van der Waals surface area contributed by atoms with E-state index in [1.54, 1.807) is 8.61 Å². The molecule has 1 aromatic carbocycles. The molecule has 4 rings (SSSR count). The van der Waals surface area contributed by atoms with Crippen molar-refractivity contribution in [2.24, 2.45) is 5.41 Å². The standard InChI is InChI=1S/C16H23N3O2S/c20-22(21,19-10-7-16(13-19)6-8-17-12-16)18-9-5-14-3-1-2-4-15(14)11-18/h1-4,17H,5-13H2. The number of rotatable bonds is 2. The summed E-state index contributed by atoms with van der Waals surface area (Å²) in [5.74, 6) is 0. The molecule has 0 aliphatic carbocycles. The van der Waals surface area contributed by atoms with Gasteiger partial charge in [-0.05, 0) is 42.3 Å². The summed E-state index contributed by atoms with van der Waals surface area (Å²) in [5.41, 5.74) is 2.61. The third-order valence-electron chi connectivity index (χ3n) is 5.48. The Balaban J connectivity index is 1.53. The molecule has 3 aliphatic rings. The third-order valence-corrected chi connectivity index (χ3v) is 7.41. The predicted molar refractivity (Wildman–Crippen MR) is 85.6 cm³/mol. The lowest BCUT2D eigenvalue weighted by Crippen LogP contribution is -2.45. The fourth-order valence-corrected chi connectivity index (χ4v) is 5.77. The van der Waals surface area contributed by atoms with E-state index >= 15 is 0 Å². The molecule has 1 atom stereocenters. The van der Waals surface area contributed by atoms with E-state index in [-0.39, 0.29) is 5.41 Å². The van der Waals surface area contributed by atoms with Crippen LogP contribution in [0.5, 0.6) is 0 Å². The number of fused-ring (bicyclic) bond motifs is 1. The van der Waals surface area contributed by atoms with E-state index in [1.807, 2.05) is 18.2 Å². The van der Waals surface area contributed by atoms with Crippen LogP contribution in [0, 0.1) is 5.41 Å². The molecular weight excluding hydrogens is 298 g/mol. The van der Waals surface area contributed by atoms with Gasteiger partial charge in [-0.2, -0.15) is 17.0 Å². The Morgan fingerprint density at radius 2 is 1.86 bits per heavy atom. The Hall–Kier alpha value is -0.950. The summed E-state index contributed by atoms with van der Waals surface area (Å²) in [6.45, 7) is 4.44. The molecule has 22 heavy (non-hydrogen) atoms. The Morgan fingerprint density at radius 1 is 1.05 bits per heavy atom. The van der Waals surface area contributed by atoms with Crippen molar-refractivity contribution >= 4 is 10.2 Å². The van der Waals surface area contributed by atoms with Crippen LogP contribution in [0.2, 0.25) is 0 Å². The highest BCUT2D eigenvalue weighted by Crippen LogP contribution is 2.38. The first-order valence-corrected chi connectivity index (χ1v) is 9.52. The molecule has 0 bridgehead atoms. The van der Waals surface area contributed by atoms with Gasteiger partial charge in [0, 0.05) is 32.7 Å². The van der Waals surface area contributed by atoms with Crippen LogP contribution in [-0.2, 0) is 23.2 Å². The van der Waals surface area contributed by atoms with Gasteiger partial charge in [-0.3, -0.25) is 0 Å². The van der Waals surface area contributed by atoms with Crippen LogP contribution < -0.4 is 5.32 Å². The first-order valence-electron chi connectivity index (χ1n) is 8.12. The zero-order chi connectivity index (χ0) is 15.2. The second-order valence-corrected chi connectivity index (χ2v) is 8.80. The fourth-order valence-electron chi connectivity index (χ4n) is 4.06. The first kappa shape index (κ1) is 14.6. The molecule has 1 aromatic rings. The van der Waals surface area contributed by atoms with Gasteiger partial charge in [-0.25, -0.2) is 0 Å². The lowest BCUT2D eigenvalue weighted by Gasteiger charge is -2.32. The highest BCUT2D eigenvalue weighted by molar-refractivity contribution is 7.86. The Morgan fingerprint density at radius 3 is 2.64 bits per heavy atom. The minimum absolute atomic E-state index is 0.181. The van der Waals surface area contributed by atoms with Crippen molar-refractivity contribution in [3.05, 3.63) is 35.4 Å². The Labute approximate surface area is 132 Å². The summed E-state index contributed by atoms with van der Waals surface area (Å²) in [6, 6.07) is 8.17. The van der Waals surface area contributed by atoms with Gasteiger partial charge >= 0.3 is 0 Å². The average Bonchev–Trinajstić information content (AvgIpc) is 3.18. The van der Waals surface area contributed by atoms with Crippen molar-refractivity contribution in [2.45, 2.75) is 25.8 Å². The number of nitrogens with one attached hydrogen (secondary N) is 1. The van der Waals surface area contributed by atoms with E-state index in [9.17, 15) is 8.42 Å². The van der Waals surface area contributed by atoms with E-state index in [4.69, 9.17) is 0 Å². The molecular formula is C16H23N3O2S. The molecule has 0 radical (unpaired) electrons. The molecule has 2 saturated heterocycles. The molecule has 1 N–H and O–H groups in total. The smallest absolute Gasteiger partial charge is 0.282 e. The molecule has 0 saturated carbocycles. The SMILES string of the molecule is O=S(=O)(N1CCc2ccccc2C1)N1CCC2(CCNC2)C1. The summed E-state index contributed by atoms with van der Waals surface area (Å²) in [5, 5.41) is 3.38. The highest BCUT2D eigenvalue weighted by atomic mass is 32.2. The van der Waals surface area contributed by atoms with Gasteiger partial charge in [0.15, 0.2) is 0 Å². The molecule has 6 heteroatoms. The van der Waals surface area contributed by atoms with Crippen LogP contribution >= 0.6 is 0 Å². The van der Waals surface area contributed by atoms with Gasteiger partial charge in [0.25, 0.3) is 10.2 Å². The summed E-state index contributed by atoms with van der Waals surface area (Å²) >= 11 is 0. The molecule has 1 spiro atoms. The van der Waals surface area contributed by atoms with Gasteiger partial charge in [0.1, 0.15) is 0 Å². The molecule has 3 aliphatic heterocycles. The number of benzene rings is 1. The molecule has 0 aromatic heterocycles. The van der Waals surface area contributed by atoms with Crippen molar-refractivity contribution in [2.75, 3.05) is 32.7 Å². The number of hydrogen-bond donors (Lipinski definition) is 1. The van der Waals surface area contributed by atoms with E-state index in [0.717, 1.165) is 37.9 Å². The monoisotopic (exact) mass is 321 g/mol. The largest absolute Gasteiger partial charge is 0.316 e. The van der Waals surface area contributed by atoms with Crippen molar-refractivity contribution in [3.63, 3.8) is 0 Å². The van der Waals surface area contributed by atoms with Crippen LogP contribution in [0.15, 0.2) is 24.3 Å². The number of hydrogen-bond acceptors (Lipinski definition) is 3. The van der Waals surface area contributed by atoms with Gasteiger partial charge in [0.05, 0.1) is 0 Å². The Kier molecular flexibility index (Phi) is 3.52. The van der Waals surface area contributed by atoms with Gasteiger partial charge in [0.2, 0.25) is 0 Å². The zero-order valence-corrected chi connectivity index (χ0v) is 13.6. The van der Waals surface area contributed by atoms with E-state index in [2.05, 4.69) is 11.4 Å². The molecule has 0 amide bonds. The van der Waals surface area contributed by atoms with Crippen molar-refractivity contribution < 1.29 is 8.42 Å². The fraction of sp³-hybridized carbons (Fsp3) is 0.625. The zero-order valence-electron chi connectivity index (χ0n) is 12.8. The van der Waals surface area contributed by atoms with E-state index < -0.39 is 10.2 Å². The lowest BCUT2D eigenvalue weighted by molar-refractivity contribution is 0.311. The summed E-state index contributed by atoms with van der Waals surface area (Å²) in [6.07, 6.45) is 2.90. The van der Waals surface area contributed by atoms with Gasteiger partial charge in [-0.1, -0.05) is 24.3 Å². The quantitative estimate of drug-likeness (QED) is 0.883. The maximum absolute atomic E-state index is 13.0. The maximum atomic E-state index is 13.0. The van der Waals surface area contributed by atoms with Crippen LogP contribution in [0.4, 0.5) is 0 Å². The Bertz CT molecular complexity index is 668. The minimum Gasteiger partial charge on any atom is -0.316 e. The van der Waals surface area contributed by atoms with Crippen LogP contribution in [0.25, 0.3) is 0 Å². The summed E-state index contributed by atoms with van der Waals surface area (Å²) < 4.78 is 29.3. The molecule has 1 unspecified atom stereocenters. The van der Waals surface area contributed by atoms with E-state index in [0.29, 0.717) is 26.2 Å². The first-order chi connectivity index (χ1) is 10.6. The predicted octanol–water partition coefficient (Wildman–Crippen LogP) is 0.975. The van der Waals surface area contributed by atoms with Gasteiger partial charge < -0.3 is 5.32 Å². The van der Waals surface area contributed by atoms with Crippen molar-refractivity contribution in [1.29, 1.82) is 0 Å². The third kappa shape index (κ3) is 2.38. The molecule has 5 nitrogen and oxygen atoms in total. The van der Waals surface area contributed by atoms with Gasteiger partial charge in [-0.15, -0.1) is 0 Å². The normalized spacial score (nSPS) is 30.0. The maximum Gasteiger partial charge on any atom is 0.282 e. The number of nitrogens with zero attached hydrogens (tertiary/aromatic N) is 2. The van der Waals surface area contributed by atoms with Crippen LogP contribution in [-0.4, -0.2) is 49.8 Å². The minimum atomic E-state index is -3.33. The van der Waals surface area contributed by atoms with Crippen LogP contribution in [0.1, 0.15) is 24.0 Å². The second-order valence-electron chi connectivity index (χ2n) is 6.87. The topological polar surface area (TPSA) is 52.7 Å². The lowest BCUT2D eigenvalue weighted by atomic mass is 9.87. The van der Waals surface area contributed by atoms with E-state index in [1.165, 1.54) is 5.56 Å². The van der Waals surface area contributed by atoms with Crippen molar-refractivity contribution in [1.82, 2.24) is 13.9 Å². The molecule has 2 fully saturated rings. The summed E-state index contributed by atoms with van der Waals surface area (Å²) in [7, 11) is -3.33. The second kappa shape index (κ2) is 5.30. The highest BCUT2D eigenvalue weighted by Gasteiger charge is 2.45. The molecule has 120 valence electrons.